The topological polar surface area (TPSA) is 81.4 Å². The second-order valence-electron chi connectivity index (χ2n) is 4.78. The van der Waals surface area contributed by atoms with Gasteiger partial charge < -0.3 is 10.5 Å². The SMILES string of the molecule is COc1ccc(NS(=O)(=O)Cc2ccc(N)cc2)c(C)c1. The average Bonchev–Trinajstić information content (AvgIpc) is 2.43. The number of benzene rings is 2. The van der Waals surface area contributed by atoms with Crippen LogP contribution >= 0.6 is 0 Å². The molecule has 0 radical (unpaired) electrons. The van der Waals surface area contributed by atoms with E-state index in [0.717, 1.165) is 5.56 Å². The third kappa shape index (κ3) is 4.13. The maximum Gasteiger partial charge on any atom is 0.236 e. The quantitative estimate of drug-likeness (QED) is 0.832. The second kappa shape index (κ2) is 6.05. The number of aryl methyl sites for hydroxylation is 1. The molecular formula is C15H18N2O3S. The molecule has 2 aromatic carbocycles. The van der Waals surface area contributed by atoms with Crippen molar-refractivity contribution in [2.24, 2.45) is 0 Å². The molecule has 0 heterocycles. The van der Waals surface area contributed by atoms with Crippen LogP contribution in [0, 0.1) is 6.92 Å². The number of rotatable bonds is 5. The Labute approximate surface area is 124 Å². The summed E-state index contributed by atoms with van der Waals surface area (Å²) in [5.41, 5.74) is 8.22. The Morgan fingerprint density at radius 3 is 2.38 bits per heavy atom. The monoisotopic (exact) mass is 306 g/mol. The molecule has 0 spiro atoms. The van der Waals surface area contributed by atoms with Gasteiger partial charge in [-0.05, 0) is 48.4 Å². The Morgan fingerprint density at radius 1 is 1.14 bits per heavy atom. The van der Waals surface area contributed by atoms with E-state index in [-0.39, 0.29) is 5.75 Å². The Hall–Kier alpha value is -2.21. The summed E-state index contributed by atoms with van der Waals surface area (Å²) in [6.07, 6.45) is 0. The summed E-state index contributed by atoms with van der Waals surface area (Å²) in [5.74, 6) is 0.590. The van der Waals surface area contributed by atoms with Crippen LogP contribution in [0.5, 0.6) is 5.75 Å². The van der Waals surface area contributed by atoms with E-state index < -0.39 is 10.0 Å². The Morgan fingerprint density at radius 2 is 1.81 bits per heavy atom. The summed E-state index contributed by atoms with van der Waals surface area (Å²) in [7, 11) is -1.91. The molecular weight excluding hydrogens is 288 g/mol. The molecule has 2 rings (SSSR count). The van der Waals surface area contributed by atoms with Gasteiger partial charge >= 0.3 is 0 Å². The highest BCUT2D eigenvalue weighted by molar-refractivity contribution is 7.91. The van der Waals surface area contributed by atoms with Gasteiger partial charge in [0.25, 0.3) is 0 Å². The van der Waals surface area contributed by atoms with Gasteiger partial charge in [-0.1, -0.05) is 12.1 Å². The lowest BCUT2D eigenvalue weighted by atomic mass is 10.2. The third-order valence-electron chi connectivity index (χ3n) is 3.04. The van der Waals surface area contributed by atoms with Crippen LogP contribution in [0.4, 0.5) is 11.4 Å². The standard InChI is InChI=1S/C15H18N2O3S/c1-11-9-14(20-2)7-8-15(11)17-21(18,19)10-12-3-5-13(16)6-4-12/h3-9,17H,10,16H2,1-2H3. The lowest BCUT2D eigenvalue weighted by Crippen LogP contribution is -2.15. The van der Waals surface area contributed by atoms with E-state index >= 15 is 0 Å². The van der Waals surface area contributed by atoms with Crippen LogP contribution in [0.3, 0.4) is 0 Å². The average molecular weight is 306 g/mol. The number of nitrogen functional groups attached to an aromatic ring is 1. The van der Waals surface area contributed by atoms with Gasteiger partial charge in [0.15, 0.2) is 0 Å². The first-order valence-electron chi connectivity index (χ1n) is 6.39. The molecule has 0 unspecified atom stereocenters. The molecule has 0 fully saturated rings. The molecule has 3 N–H and O–H groups in total. The predicted octanol–water partition coefficient (Wildman–Crippen LogP) is 2.53. The minimum Gasteiger partial charge on any atom is -0.497 e. The summed E-state index contributed by atoms with van der Waals surface area (Å²) in [6, 6.07) is 12.0. The van der Waals surface area contributed by atoms with E-state index in [9.17, 15) is 8.42 Å². The van der Waals surface area contributed by atoms with Gasteiger partial charge in [0, 0.05) is 5.69 Å². The maximum absolute atomic E-state index is 12.2. The van der Waals surface area contributed by atoms with Gasteiger partial charge in [-0.25, -0.2) is 8.42 Å². The molecule has 0 aliphatic heterocycles. The number of hydrogen-bond donors (Lipinski definition) is 2. The van der Waals surface area contributed by atoms with Crippen molar-refractivity contribution in [3.05, 3.63) is 53.6 Å². The molecule has 0 saturated carbocycles. The molecule has 5 nitrogen and oxygen atoms in total. The van der Waals surface area contributed by atoms with Gasteiger partial charge in [-0.3, -0.25) is 4.72 Å². The van der Waals surface area contributed by atoms with Crippen molar-refractivity contribution >= 4 is 21.4 Å². The lowest BCUT2D eigenvalue weighted by molar-refractivity contribution is 0.414. The predicted molar refractivity (Wildman–Crippen MR) is 84.8 cm³/mol. The van der Waals surface area contributed by atoms with Crippen molar-refractivity contribution in [3.8, 4) is 5.75 Å². The van der Waals surface area contributed by atoms with Gasteiger partial charge in [-0.2, -0.15) is 0 Å². The molecule has 0 aliphatic rings. The zero-order valence-corrected chi connectivity index (χ0v) is 12.8. The zero-order chi connectivity index (χ0) is 15.5. The van der Waals surface area contributed by atoms with Crippen molar-refractivity contribution < 1.29 is 13.2 Å². The van der Waals surface area contributed by atoms with E-state index in [0.29, 0.717) is 22.7 Å². The summed E-state index contributed by atoms with van der Waals surface area (Å²) < 4.78 is 32.1. The number of anilines is 2. The first-order valence-corrected chi connectivity index (χ1v) is 8.04. The number of ether oxygens (including phenoxy) is 1. The normalized spacial score (nSPS) is 11.1. The Bertz CT molecular complexity index is 725. The molecule has 0 bridgehead atoms. The van der Waals surface area contributed by atoms with Gasteiger partial charge in [0.05, 0.1) is 18.6 Å². The number of hydrogen-bond acceptors (Lipinski definition) is 4. The highest BCUT2D eigenvalue weighted by Gasteiger charge is 2.13. The fourth-order valence-electron chi connectivity index (χ4n) is 1.91. The second-order valence-corrected chi connectivity index (χ2v) is 6.51. The van der Waals surface area contributed by atoms with Crippen LogP contribution in [0.25, 0.3) is 0 Å². The molecule has 0 atom stereocenters. The van der Waals surface area contributed by atoms with Crippen LogP contribution < -0.4 is 15.2 Å². The van der Waals surface area contributed by atoms with Crippen LogP contribution in [0.1, 0.15) is 11.1 Å². The molecule has 0 amide bonds. The first-order chi connectivity index (χ1) is 9.89. The van der Waals surface area contributed by atoms with Gasteiger partial charge in [0.1, 0.15) is 5.75 Å². The zero-order valence-electron chi connectivity index (χ0n) is 12.0. The van der Waals surface area contributed by atoms with Gasteiger partial charge in [-0.15, -0.1) is 0 Å². The van der Waals surface area contributed by atoms with Crippen molar-refractivity contribution in [3.63, 3.8) is 0 Å². The number of nitrogens with two attached hydrogens (primary N) is 1. The number of nitrogens with one attached hydrogen (secondary N) is 1. The van der Waals surface area contributed by atoms with Crippen LogP contribution in [-0.4, -0.2) is 15.5 Å². The minimum absolute atomic E-state index is 0.0985. The van der Waals surface area contributed by atoms with Crippen molar-refractivity contribution in [1.82, 2.24) is 0 Å². The lowest BCUT2D eigenvalue weighted by Gasteiger charge is -2.12. The van der Waals surface area contributed by atoms with Crippen molar-refractivity contribution in [2.45, 2.75) is 12.7 Å². The molecule has 6 heteroatoms. The fourth-order valence-corrected chi connectivity index (χ4v) is 3.18. The van der Waals surface area contributed by atoms with E-state index in [1.54, 1.807) is 49.6 Å². The van der Waals surface area contributed by atoms with Crippen LogP contribution in [-0.2, 0) is 15.8 Å². The minimum atomic E-state index is -3.47. The summed E-state index contributed by atoms with van der Waals surface area (Å²) >= 11 is 0. The number of sulfonamides is 1. The van der Waals surface area contributed by atoms with Gasteiger partial charge in [0.2, 0.25) is 10.0 Å². The molecule has 0 saturated heterocycles. The molecule has 0 aliphatic carbocycles. The molecule has 0 aromatic heterocycles. The highest BCUT2D eigenvalue weighted by atomic mass is 32.2. The number of methoxy groups -OCH3 is 1. The molecule has 2 aromatic rings. The Balaban J connectivity index is 2.15. The molecule has 21 heavy (non-hydrogen) atoms. The van der Waals surface area contributed by atoms with Crippen LogP contribution in [0.2, 0.25) is 0 Å². The molecule has 112 valence electrons. The maximum atomic E-state index is 12.2. The van der Waals surface area contributed by atoms with E-state index in [1.807, 2.05) is 6.92 Å². The third-order valence-corrected chi connectivity index (χ3v) is 4.28. The summed E-state index contributed by atoms with van der Waals surface area (Å²) in [6.45, 7) is 1.82. The smallest absolute Gasteiger partial charge is 0.236 e. The van der Waals surface area contributed by atoms with Crippen LogP contribution in [0.15, 0.2) is 42.5 Å². The largest absolute Gasteiger partial charge is 0.497 e. The van der Waals surface area contributed by atoms with E-state index in [2.05, 4.69) is 4.72 Å². The Kier molecular flexibility index (Phi) is 4.37. The van der Waals surface area contributed by atoms with E-state index in [4.69, 9.17) is 10.5 Å². The summed E-state index contributed by atoms with van der Waals surface area (Å²) in [4.78, 5) is 0. The van der Waals surface area contributed by atoms with Crippen molar-refractivity contribution in [1.29, 1.82) is 0 Å². The fraction of sp³-hybridized carbons (Fsp3) is 0.200. The summed E-state index contributed by atoms with van der Waals surface area (Å²) in [5, 5.41) is 0. The first kappa shape index (κ1) is 15.2. The van der Waals surface area contributed by atoms with Crippen molar-refractivity contribution in [2.75, 3.05) is 17.6 Å². The highest BCUT2D eigenvalue weighted by Crippen LogP contribution is 2.22. The van der Waals surface area contributed by atoms with E-state index in [1.165, 1.54) is 0 Å².